The summed E-state index contributed by atoms with van der Waals surface area (Å²) >= 11 is 6.07. The minimum atomic E-state index is -0.123. The van der Waals surface area contributed by atoms with Crippen LogP contribution in [-0.2, 0) is 4.74 Å². The molecule has 1 aromatic heterocycles. The number of para-hydroxylation sites is 1. The van der Waals surface area contributed by atoms with Gasteiger partial charge < -0.3 is 15.0 Å². The van der Waals surface area contributed by atoms with Gasteiger partial charge in [-0.05, 0) is 32.4 Å². The molecular weight excluding hydrogens is 276 g/mol. The lowest BCUT2D eigenvalue weighted by atomic mass is 10.2. The van der Waals surface area contributed by atoms with Gasteiger partial charge in [0, 0.05) is 18.5 Å². The number of nitrogens with one attached hydrogen (secondary N) is 2. The Labute approximate surface area is 123 Å². The number of amides is 1. The van der Waals surface area contributed by atoms with Crippen molar-refractivity contribution in [2.45, 2.75) is 26.4 Å². The van der Waals surface area contributed by atoms with Crippen molar-refractivity contribution in [1.82, 2.24) is 10.3 Å². The molecule has 2 N–H and O–H groups in total. The molecule has 0 unspecified atom stereocenters. The second-order valence-electron chi connectivity index (χ2n) is 4.92. The fraction of sp³-hybridized carbons (Fsp3) is 0.400. The predicted octanol–water partition coefficient (Wildman–Crippen LogP) is 3.37. The van der Waals surface area contributed by atoms with Crippen LogP contribution in [0.25, 0.3) is 10.9 Å². The zero-order chi connectivity index (χ0) is 14.5. The van der Waals surface area contributed by atoms with E-state index in [1.54, 1.807) is 12.1 Å². The monoisotopic (exact) mass is 294 g/mol. The average molecular weight is 295 g/mol. The van der Waals surface area contributed by atoms with Crippen LogP contribution in [0.3, 0.4) is 0 Å². The van der Waals surface area contributed by atoms with E-state index in [0.29, 0.717) is 23.9 Å². The summed E-state index contributed by atoms with van der Waals surface area (Å²) in [5, 5.41) is 4.41. The second-order valence-corrected chi connectivity index (χ2v) is 5.32. The molecule has 0 saturated heterocycles. The van der Waals surface area contributed by atoms with Crippen molar-refractivity contribution in [3.63, 3.8) is 0 Å². The summed E-state index contributed by atoms with van der Waals surface area (Å²) in [6, 6.07) is 7.39. The number of H-pyrrole nitrogens is 1. The number of rotatable bonds is 6. The highest BCUT2D eigenvalue weighted by Gasteiger charge is 2.10. The van der Waals surface area contributed by atoms with Crippen LogP contribution in [0.5, 0.6) is 0 Å². The summed E-state index contributed by atoms with van der Waals surface area (Å²) in [5.41, 5.74) is 1.32. The zero-order valence-corrected chi connectivity index (χ0v) is 12.5. The minimum Gasteiger partial charge on any atom is -0.379 e. The van der Waals surface area contributed by atoms with Crippen LogP contribution in [0, 0.1) is 0 Å². The van der Waals surface area contributed by atoms with Crippen molar-refractivity contribution in [2.24, 2.45) is 0 Å². The van der Waals surface area contributed by atoms with E-state index in [2.05, 4.69) is 10.3 Å². The first-order chi connectivity index (χ1) is 9.58. The molecule has 5 heteroatoms. The molecule has 0 saturated carbocycles. The molecular formula is C15H19ClN2O2. The summed E-state index contributed by atoms with van der Waals surface area (Å²) in [6.07, 6.45) is 1.02. The van der Waals surface area contributed by atoms with Gasteiger partial charge in [-0.15, -0.1) is 0 Å². The maximum atomic E-state index is 12.0. The molecule has 1 amide bonds. The Balaban J connectivity index is 1.90. The molecule has 0 fully saturated rings. The summed E-state index contributed by atoms with van der Waals surface area (Å²) in [5.74, 6) is -0.123. The van der Waals surface area contributed by atoms with E-state index < -0.39 is 0 Å². The van der Waals surface area contributed by atoms with Crippen LogP contribution in [0.2, 0.25) is 5.02 Å². The molecule has 20 heavy (non-hydrogen) atoms. The quantitative estimate of drug-likeness (QED) is 0.803. The SMILES string of the molecule is CC(C)OCCCNC(=O)c1cc2cccc(Cl)c2[nH]1. The fourth-order valence-electron chi connectivity index (χ4n) is 1.93. The standard InChI is InChI=1S/C15H19ClN2O2/c1-10(2)20-8-4-7-17-15(19)13-9-11-5-3-6-12(16)14(11)18-13/h3,5-6,9-10,18H,4,7-8H2,1-2H3,(H,17,19). The molecule has 108 valence electrons. The van der Waals surface area contributed by atoms with Gasteiger partial charge in [-0.1, -0.05) is 23.7 Å². The molecule has 1 aromatic carbocycles. The fourth-order valence-corrected chi connectivity index (χ4v) is 2.16. The molecule has 0 aliphatic rings. The van der Waals surface area contributed by atoms with Gasteiger partial charge in [0.05, 0.1) is 16.6 Å². The first kappa shape index (κ1) is 14.9. The van der Waals surface area contributed by atoms with Crippen LogP contribution < -0.4 is 5.32 Å². The molecule has 0 spiro atoms. The van der Waals surface area contributed by atoms with Crippen molar-refractivity contribution < 1.29 is 9.53 Å². The van der Waals surface area contributed by atoms with Crippen LogP contribution in [-0.4, -0.2) is 30.1 Å². The zero-order valence-electron chi connectivity index (χ0n) is 11.7. The van der Waals surface area contributed by atoms with E-state index in [0.717, 1.165) is 17.3 Å². The van der Waals surface area contributed by atoms with Crippen LogP contribution in [0.15, 0.2) is 24.3 Å². The number of carbonyl (C=O) groups excluding carboxylic acids is 1. The lowest BCUT2D eigenvalue weighted by Crippen LogP contribution is -2.25. The minimum absolute atomic E-state index is 0.123. The smallest absolute Gasteiger partial charge is 0.267 e. The first-order valence-corrected chi connectivity index (χ1v) is 7.13. The van der Waals surface area contributed by atoms with Gasteiger partial charge in [0.2, 0.25) is 0 Å². The van der Waals surface area contributed by atoms with Crippen molar-refractivity contribution in [3.8, 4) is 0 Å². The molecule has 0 bridgehead atoms. The van der Waals surface area contributed by atoms with Gasteiger partial charge in [-0.2, -0.15) is 0 Å². The number of hydrogen-bond donors (Lipinski definition) is 2. The van der Waals surface area contributed by atoms with E-state index >= 15 is 0 Å². The van der Waals surface area contributed by atoms with Gasteiger partial charge in [0.15, 0.2) is 0 Å². The molecule has 1 heterocycles. The maximum Gasteiger partial charge on any atom is 0.267 e. The number of carbonyl (C=O) groups is 1. The Bertz CT molecular complexity index is 593. The van der Waals surface area contributed by atoms with E-state index in [1.165, 1.54) is 0 Å². The molecule has 0 atom stereocenters. The van der Waals surface area contributed by atoms with Crippen LogP contribution >= 0.6 is 11.6 Å². The Morgan fingerprint density at radius 2 is 2.25 bits per heavy atom. The number of ether oxygens (including phenoxy) is 1. The number of halogens is 1. The molecule has 0 aliphatic heterocycles. The highest BCUT2D eigenvalue weighted by Crippen LogP contribution is 2.23. The number of benzene rings is 1. The third-order valence-corrected chi connectivity index (χ3v) is 3.22. The van der Waals surface area contributed by atoms with E-state index in [9.17, 15) is 4.79 Å². The van der Waals surface area contributed by atoms with Gasteiger partial charge in [0.25, 0.3) is 5.91 Å². The van der Waals surface area contributed by atoms with Gasteiger partial charge in [0.1, 0.15) is 5.69 Å². The molecule has 2 aromatic rings. The molecule has 2 rings (SSSR count). The topological polar surface area (TPSA) is 54.1 Å². The Morgan fingerprint density at radius 3 is 2.95 bits per heavy atom. The first-order valence-electron chi connectivity index (χ1n) is 6.75. The van der Waals surface area contributed by atoms with E-state index in [4.69, 9.17) is 16.3 Å². The van der Waals surface area contributed by atoms with E-state index in [1.807, 2.05) is 26.0 Å². The molecule has 0 aliphatic carbocycles. The predicted molar refractivity (Wildman–Crippen MR) is 81.3 cm³/mol. The third-order valence-electron chi connectivity index (χ3n) is 2.91. The van der Waals surface area contributed by atoms with E-state index in [-0.39, 0.29) is 12.0 Å². The average Bonchev–Trinajstić information content (AvgIpc) is 2.83. The number of fused-ring (bicyclic) bond motifs is 1. The van der Waals surface area contributed by atoms with Gasteiger partial charge in [-0.3, -0.25) is 4.79 Å². The van der Waals surface area contributed by atoms with Gasteiger partial charge in [-0.25, -0.2) is 0 Å². The highest BCUT2D eigenvalue weighted by atomic mass is 35.5. The summed E-state index contributed by atoms with van der Waals surface area (Å²) in [7, 11) is 0. The molecule has 0 radical (unpaired) electrons. The molecule has 4 nitrogen and oxygen atoms in total. The second kappa shape index (κ2) is 6.77. The third kappa shape index (κ3) is 3.74. The van der Waals surface area contributed by atoms with Crippen molar-refractivity contribution in [1.29, 1.82) is 0 Å². The summed E-state index contributed by atoms with van der Waals surface area (Å²) < 4.78 is 5.42. The van der Waals surface area contributed by atoms with Crippen molar-refractivity contribution in [2.75, 3.05) is 13.2 Å². The van der Waals surface area contributed by atoms with Crippen molar-refractivity contribution >= 4 is 28.4 Å². The summed E-state index contributed by atoms with van der Waals surface area (Å²) in [4.78, 5) is 15.0. The van der Waals surface area contributed by atoms with Crippen LogP contribution in [0.4, 0.5) is 0 Å². The lowest BCUT2D eigenvalue weighted by Gasteiger charge is -2.07. The Hall–Kier alpha value is -1.52. The Kier molecular flexibility index (Phi) is 5.04. The normalized spacial score (nSPS) is 11.2. The highest BCUT2D eigenvalue weighted by molar-refractivity contribution is 6.35. The van der Waals surface area contributed by atoms with Gasteiger partial charge >= 0.3 is 0 Å². The number of aromatic nitrogens is 1. The van der Waals surface area contributed by atoms with Crippen molar-refractivity contribution in [3.05, 3.63) is 35.0 Å². The maximum absolute atomic E-state index is 12.0. The lowest BCUT2D eigenvalue weighted by molar-refractivity contribution is 0.0756. The number of aromatic amines is 1. The number of hydrogen-bond acceptors (Lipinski definition) is 2. The largest absolute Gasteiger partial charge is 0.379 e. The Morgan fingerprint density at radius 1 is 1.45 bits per heavy atom. The van der Waals surface area contributed by atoms with Crippen LogP contribution in [0.1, 0.15) is 30.8 Å². The summed E-state index contributed by atoms with van der Waals surface area (Å²) in [6.45, 7) is 5.23.